The minimum Gasteiger partial charge on any atom is -0.497 e. The lowest BCUT2D eigenvalue weighted by molar-refractivity contribution is 0.0955. The van der Waals surface area contributed by atoms with Crippen molar-refractivity contribution in [2.24, 2.45) is 5.10 Å². The summed E-state index contributed by atoms with van der Waals surface area (Å²) in [6.45, 7) is 0.769. The van der Waals surface area contributed by atoms with E-state index in [0.29, 0.717) is 11.3 Å². The van der Waals surface area contributed by atoms with Gasteiger partial charge in [-0.15, -0.1) is 0 Å². The molecular formula is C24H21N3O2. The van der Waals surface area contributed by atoms with Crippen LogP contribution in [0.5, 0.6) is 5.75 Å². The molecule has 144 valence electrons. The summed E-state index contributed by atoms with van der Waals surface area (Å²) in [5.41, 5.74) is 6.38. The van der Waals surface area contributed by atoms with Crippen molar-refractivity contribution in [2.75, 3.05) is 7.11 Å². The monoisotopic (exact) mass is 383 g/mol. The van der Waals surface area contributed by atoms with Crippen LogP contribution in [0, 0.1) is 0 Å². The van der Waals surface area contributed by atoms with Gasteiger partial charge in [-0.1, -0.05) is 54.6 Å². The number of para-hydroxylation sites is 1. The number of carbonyl (C=O) groups is 1. The van der Waals surface area contributed by atoms with E-state index in [1.54, 1.807) is 37.6 Å². The van der Waals surface area contributed by atoms with E-state index in [0.717, 1.165) is 23.0 Å². The Morgan fingerprint density at radius 2 is 1.83 bits per heavy atom. The number of ether oxygens (including phenoxy) is 1. The van der Waals surface area contributed by atoms with E-state index in [4.69, 9.17) is 4.74 Å². The van der Waals surface area contributed by atoms with E-state index < -0.39 is 0 Å². The normalized spacial score (nSPS) is 11.1. The average molecular weight is 383 g/mol. The number of hydrazone groups is 1. The standard InChI is InChI=1S/C24H21N3O2/c1-29-21-11-7-10-19(14-21)24(28)26-25-15-20-17-27(16-18-8-3-2-4-9-18)23-13-6-5-12-22(20)23/h2-15,17H,16H2,1H3,(H,26,28)/b25-15+. The lowest BCUT2D eigenvalue weighted by Gasteiger charge is -2.05. The molecule has 0 bridgehead atoms. The molecule has 0 saturated heterocycles. The highest BCUT2D eigenvalue weighted by Gasteiger charge is 2.08. The van der Waals surface area contributed by atoms with Gasteiger partial charge in [0.1, 0.15) is 5.75 Å². The summed E-state index contributed by atoms with van der Waals surface area (Å²) in [7, 11) is 1.57. The number of methoxy groups -OCH3 is 1. The fraction of sp³-hybridized carbons (Fsp3) is 0.0833. The Balaban J connectivity index is 1.55. The minimum absolute atomic E-state index is 0.284. The number of hydrogen-bond donors (Lipinski definition) is 1. The summed E-state index contributed by atoms with van der Waals surface area (Å²) in [4.78, 5) is 12.3. The zero-order valence-electron chi connectivity index (χ0n) is 16.1. The van der Waals surface area contributed by atoms with Crippen molar-refractivity contribution in [1.82, 2.24) is 9.99 Å². The van der Waals surface area contributed by atoms with Crippen molar-refractivity contribution in [3.05, 3.63) is 102 Å². The van der Waals surface area contributed by atoms with Gasteiger partial charge in [-0.25, -0.2) is 5.43 Å². The van der Waals surface area contributed by atoms with E-state index >= 15 is 0 Å². The second-order valence-corrected chi connectivity index (χ2v) is 6.65. The van der Waals surface area contributed by atoms with Crippen molar-refractivity contribution in [3.8, 4) is 5.75 Å². The fourth-order valence-electron chi connectivity index (χ4n) is 3.28. The largest absolute Gasteiger partial charge is 0.497 e. The Morgan fingerprint density at radius 1 is 1.03 bits per heavy atom. The molecule has 0 fully saturated rings. The van der Waals surface area contributed by atoms with Gasteiger partial charge in [0.05, 0.1) is 13.3 Å². The van der Waals surface area contributed by atoms with Crippen LogP contribution < -0.4 is 10.2 Å². The number of benzene rings is 3. The summed E-state index contributed by atoms with van der Waals surface area (Å²) >= 11 is 0. The molecule has 5 heteroatoms. The van der Waals surface area contributed by atoms with Gasteiger partial charge in [-0.3, -0.25) is 4.79 Å². The molecule has 1 N–H and O–H groups in total. The van der Waals surface area contributed by atoms with Crippen molar-refractivity contribution in [1.29, 1.82) is 0 Å². The number of aromatic nitrogens is 1. The van der Waals surface area contributed by atoms with Crippen LogP contribution in [0.4, 0.5) is 0 Å². The molecule has 0 spiro atoms. The van der Waals surface area contributed by atoms with Gasteiger partial charge in [0, 0.05) is 34.8 Å². The van der Waals surface area contributed by atoms with Crippen molar-refractivity contribution in [2.45, 2.75) is 6.54 Å². The second kappa shape index (κ2) is 8.44. The smallest absolute Gasteiger partial charge is 0.271 e. The van der Waals surface area contributed by atoms with E-state index in [2.05, 4.69) is 45.6 Å². The predicted octanol–water partition coefficient (Wildman–Crippen LogP) is 4.46. The molecule has 0 aliphatic heterocycles. The minimum atomic E-state index is -0.284. The third-order valence-electron chi connectivity index (χ3n) is 4.72. The molecule has 1 heterocycles. The van der Waals surface area contributed by atoms with E-state index in [1.165, 1.54) is 5.56 Å². The predicted molar refractivity (Wildman–Crippen MR) is 116 cm³/mol. The van der Waals surface area contributed by atoms with Crippen molar-refractivity contribution < 1.29 is 9.53 Å². The number of fused-ring (bicyclic) bond motifs is 1. The first kappa shape index (κ1) is 18.5. The first-order valence-electron chi connectivity index (χ1n) is 9.34. The highest BCUT2D eigenvalue weighted by Crippen LogP contribution is 2.21. The summed E-state index contributed by atoms with van der Waals surface area (Å²) in [6, 6.07) is 25.4. The van der Waals surface area contributed by atoms with Gasteiger partial charge in [0.25, 0.3) is 5.91 Å². The zero-order chi connectivity index (χ0) is 20.1. The highest BCUT2D eigenvalue weighted by atomic mass is 16.5. The number of rotatable bonds is 6. The molecule has 3 aromatic carbocycles. The molecule has 0 radical (unpaired) electrons. The summed E-state index contributed by atoms with van der Waals surface area (Å²) in [6.07, 6.45) is 3.74. The Kier molecular flexibility index (Phi) is 5.38. The topological polar surface area (TPSA) is 55.6 Å². The van der Waals surface area contributed by atoms with Crippen LogP contribution in [0.2, 0.25) is 0 Å². The number of nitrogens with one attached hydrogen (secondary N) is 1. The maximum atomic E-state index is 12.3. The number of nitrogens with zero attached hydrogens (tertiary/aromatic N) is 2. The van der Waals surface area contributed by atoms with Crippen molar-refractivity contribution >= 4 is 23.0 Å². The summed E-state index contributed by atoms with van der Waals surface area (Å²) < 4.78 is 7.35. The Hall–Kier alpha value is -3.86. The second-order valence-electron chi connectivity index (χ2n) is 6.65. The van der Waals surface area contributed by atoms with Gasteiger partial charge in [-0.2, -0.15) is 5.10 Å². The van der Waals surface area contributed by atoms with Gasteiger partial charge in [0.15, 0.2) is 0 Å². The third kappa shape index (κ3) is 4.19. The van der Waals surface area contributed by atoms with Gasteiger partial charge in [0.2, 0.25) is 0 Å². The Bertz CT molecular complexity index is 1160. The quantitative estimate of drug-likeness (QED) is 0.395. The van der Waals surface area contributed by atoms with Crippen LogP contribution in [0.15, 0.2) is 90.2 Å². The van der Waals surface area contributed by atoms with Crippen LogP contribution in [0.3, 0.4) is 0 Å². The van der Waals surface area contributed by atoms with Gasteiger partial charge < -0.3 is 9.30 Å². The molecule has 0 saturated carbocycles. The molecule has 5 nitrogen and oxygen atoms in total. The highest BCUT2D eigenvalue weighted by molar-refractivity contribution is 6.00. The van der Waals surface area contributed by atoms with Crippen LogP contribution >= 0.6 is 0 Å². The Labute approximate surface area is 169 Å². The van der Waals surface area contributed by atoms with Crippen LogP contribution in [-0.2, 0) is 6.54 Å². The third-order valence-corrected chi connectivity index (χ3v) is 4.72. The lowest BCUT2D eigenvalue weighted by atomic mass is 10.2. The molecule has 1 aromatic heterocycles. The average Bonchev–Trinajstić information content (AvgIpc) is 3.12. The van der Waals surface area contributed by atoms with Crippen LogP contribution in [0.25, 0.3) is 10.9 Å². The molecule has 0 unspecified atom stereocenters. The summed E-state index contributed by atoms with van der Waals surface area (Å²) in [5.74, 6) is 0.346. The number of hydrogen-bond acceptors (Lipinski definition) is 3. The number of amides is 1. The summed E-state index contributed by atoms with van der Waals surface area (Å²) in [5, 5.41) is 5.25. The lowest BCUT2D eigenvalue weighted by Crippen LogP contribution is -2.17. The SMILES string of the molecule is COc1cccc(C(=O)N/N=C/c2cn(Cc3ccccc3)c3ccccc23)c1. The Morgan fingerprint density at radius 3 is 2.66 bits per heavy atom. The maximum Gasteiger partial charge on any atom is 0.271 e. The molecule has 0 atom stereocenters. The van der Waals surface area contributed by atoms with E-state index in [1.807, 2.05) is 30.3 Å². The maximum absolute atomic E-state index is 12.3. The van der Waals surface area contributed by atoms with Crippen molar-refractivity contribution in [3.63, 3.8) is 0 Å². The van der Waals surface area contributed by atoms with E-state index in [9.17, 15) is 4.79 Å². The molecule has 29 heavy (non-hydrogen) atoms. The zero-order valence-corrected chi connectivity index (χ0v) is 16.1. The molecule has 0 aliphatic carbocycles. The molecule has 1 amide bonds. The molecule has 0 aliphatic rings. The van der Waals surface area contributed by atoms with E-state index in [-0.39, 0.29) is 5.91 Å². The molecule has 4 rings (SSSR count). The first-order chi connectivity index (χ1) is 14.2. The van der Waals surface area contributed by atoms with Gasteiger partial charge in [-0.05, 0) is 29.8 Å². The molecular weight excluding hydrogens is 362 g/mol. The fourth-order valence-corrected chi connectivity index (χ4v) is 3.28. The van der Waals surface area contributed by atoms with Gasteiger partial charge >= 0.3 is 0 Å². The molecule has 4 aromatic rings. The van der Waals surface area contributed by atoms with Crippen LogP contribution in [0.1, 0.15) is 21.5 Å². The first-order valence-corrected chi connectivity index (χ1v) is 9.34. The number of carbonyl (C=O) groups excluding carboxylic acids is 1. The van der Waals surface area contributed by atoms with Crippen LogP contribution in [-0.4, -0.2) is 23.8 Å².